The van der Waals surface area contributed by atoms with Crippen molar-refractivity contribution < 1.29 is 4.42 Å². The molecule has 7 rings (SSSR count). The number of hydrogen-bond donors (Lipinski definition) is 0. The topological polar surface area (TPSA) is 34.2 Å². The quantitative estimate of drug-likeness (QED) is 0.218. The molecule has 0 fully saturated rings. The summed E-state index contributed by atoms with van der Waals surface area (Å²) < 4.78 is 8.84. The van der Waals surface area contributed by atoms with Crippen LogP contribution in [0.1, 0.15) is 13.8 Å². The van der Waals surface area contributed by atoms with E-state index in [1.54, 1.807) is 0 Å². The van der Waals surface area contributed by atoms with E-state index in [4.69, 9.17) is 9.40 Å². The van der Waals surface area contributed by atoms with E-state index in [-0.39, 0.29) is 0 Å². The van der Waals surface area contributed by atoms with E-state index in [0.717, 1.165) is 55.7 Å². The van der Waals surface area contributed by atoms with E-state index >= 15 is 0 Å². The molecule has 0 bridgehead atoms. The van der Waals surface area contributed by atoms with Crippen LogP contribution in [0, 0.1) is 0 Å². The molecule has 3 aromatic heterocycles. The summed E-state index contributed by atoms with van der Waals surface area (Å²) in [7, 11) is 0. The molecule has 0 aliphatic heterocycles. The van der Waals surface area contributed by atoms with Crippen molar-refractivity contribution in [2.45, 2.75) is 13.8 Å². The van der Waals surface area contributed by atoms with Crippen LogP contribution in [0.2, 0.25) is 0 Å². The van der Waals surface area contributed by atoms with Gasteiger partial charge in [-0.25, -0.2) is 0 Å². The van der Waals surface area contributed by atoms with E-state index in [0.29, 0.717) is 0 Å². The lowest BCUT2D eigenvalue weighted by molar-refractivity contribution is 0.666. The van der Waals surface area contributed by atoms with Gasteiger partial charge in [0.1, 0.15) is 11.3 Å². The second-order valence-corrected chi connectivity index (χ2v) is 9.57. The Hall–Kier alpha value is -5.09. The zero-order valence-corrected chi connectivity index (χ0v) is 21.9. The molecule has 0 aliphatic carbocycles. The summed E-state index contributed by atoms with van der Waals surface area (Å²) in [5, 5.41) is 4.46. The van der Waals surface area contributed by atoms with Crippen LogP contribution in [0.4, 0.5) is 11.4 Å². The monoisotopic (exact) mass is 505 g/mol. The van der Waals surface area contributed by atoms with Crippen molar-refractivity contribution in [3.63, 3.8) is 0 Å². The average Bonchev–Trinajstić information content (AvgIpc) is 3.53. The van der Waals surface area contributed by atoms with Gasteiger partial charge in [0, 0.05) is 44.8 Å². The zero-order chi connectivity index (χ0) is 26.3. The van der Waals surface area contributed by atoms with E-state index in [2.05, 4.69) is 126 Å². The van der Waals surface area contributed by atoms with Crippen molar-refractivity contribution >= 4 is 55.1 Å². The van der Waals surface area contributed by atoms with Gasteiger partial charge in [-0.3, -0.25) is 4.98 Å². The van der Waals surface area contributed by atoms with Gasteiger partial charge < -0.3 is 13.9 Å². The summed E-state index contributed by atoms with van der Waals surface area (Å²) in [5.41, 5.74) is 8.12. The highest BCUT2D eigenvalue weighted by Crippen LogP contribution is 2.40. The van der Waals surface area contributed by atoms with Crippen molar-refractivity contribution in [3.8, 4) is 5.69 Å². The SMILES string of the molecule is C/C=C\C(=C/C)N(c1ccccc1)c1ccc2oc3c(-n4c5ccccc5c5ccccc54)cncc3c2c1. The normalized spacial score (nSPS) is 12.4. The molecule has 0 aliphatic rings. The van der Waals surface area contributed by atoms with E-state index in [9.17, 15) is 0 Å². The number of para-hydroxylation sites is 3. The maximum atomic E-state index is 6.57. The molecule has 39 heavy (non-hydrogen) atoms. The molecular formula is C35H27N3O. The first kappa shape index (κ1) is 23.1. The average molecular weight is 506 g/mol. The summed E-state index contributed by atoms with van der Waals surface area (Å²) in [6.45, 7) is 4.11. The summed E-state index contributed by atoms with van der Waals surface area (Å²) in [6.07, 6.45) is 10.2. The van der Waals surface area contributed by atoms with Crippen LogP contribution in [0.25, 0.3) is 49.4 Å². The summed E-state index contributed by atoms with van der Waals surface area (Å²) in [6, 6.07) is 33.9. The molecule has 0 atom stereocenters. The minimum Gasteiger partial charge on any atom is -0.454 e. The second-order valence-electron chi connectivity index (χ2n) is 9.57. The lowest BCUT2D eigenvalue weighted by Crippen LogP contribution is -2.14. The van der Waals surface area contributed by atoms with Crippen LogP contribution in [0.15, 0.2) is 138 Å². The van der Waals surface area contributed by atoms with Crippen LogP contribution < -0.4 is 4.90 Å². The van der Waals surface area contributed by atoms with Gasteiger partial charge in [-0.15, -0.1) is 0 Å². The number of aromatic nitrogens is 2. The summed E-state index contributed by atoms with van der Waals surface area (Å²) >= 11 is 0. The maximum Gasteiger partial charge on any atom is 0.162 e. The number of furan rings is 1. The van der Waals surface area contributed by atoms with E-state index in [1.165, 1.54) is 10.8 Å². The largest absolute Gasteiger partial charge is 0.454 e. The first-order valence-electron chi connectivity index (χ1n) is 13.2. The molecule has 0 radical (unpaired) electrons. The number of nitrogens with zero attached hydrogens (tertiary/aromatic N) is 3. The molecular weight excluding hydrogens is 478 g/mol. The Morgan fingerprint density at radius 2 is 1.41 bits per heavy atom. The second kappa shape index (κ2) is 9.34. The molecule has 0 amide bonds. The number of hydrogen-bond acceptors (Lipinski definition) is 3. The molecule has 0 saturated heterocycles. The zero-order valence-electron chi connectivity index (χ0n) is 21.9. The van der Waals surface area contributed by atoms with Crippen LogP contribution in [0.5, 0.6) is 0 Å². The number of rotatable bonds is 5. The predicted molar refractivity (Wildman–Crippen MR) is 163 cm³/mol. The number of fused-ring (bicyclic) bond motifs is 6. The third-order valence-corrected chi connectivity index (χ3v) is 7.33. The predicted octanol–water partition coefficient (Wildman–Crippen LogP) is 9.70. The van der Waals surface area contributed by atoms with Gasteiger partial charge in [0.25, 0.3) is 0 Å². The first-order chi connectivity index (χ1) is 19.3. The Morgan fingerprint density at radius 3 is 2.10 bits per heavy atom. The standard InChI is InChI=1S/C35H27N3O/c1-3-12-24(4-2)37(25-13-6-5-7-14-25)26-19-20-34-29(21-26)30-22-36-23-33(35(30)39-34)38-31-17-10-8-15-27(31)28-16-9-11-18-32(28)38/h3-23H,1-2H3/b12-3-,24-4+. The highest BCUT2D eigenvalue weighted by Gasteiger charge is 2.19. The van der Waals surface area contributed by atoms with Crippen molar-refractivity contribution in [2.24, 2.45) is 0 Å². The molecule has 4 nitrogen and oxygen atoms in total. The van der Waals surface area contributed by atoms with Gasteiger partial charge in [0.2, 0.25) is 0 Å². The molecule has 4 heteroatoms. The lowest BCUT2D eigenvalue weighted by Gasteiger charge is -2.26. The Kier molecular flexibility index (Phi) is 5.52. The highest BCUT2D eigenvalue weighted by molar-refractivity contribution is 6.12. The van der Waals surface area contributed by atoms with Crippen LogP contribution >= 0.6 is 0 Å². The molecule has 4 aromatic carbocycles. The van der Waals surface area contributed by atoms with Crippen molar-refractivity contribution in [3.05, 3.63) is 133 Å². The number of anilines is 2. The smallest absolute Gasteiger partial charge is 0.162 e. The number of pyridine rings is 1. The van der Waals surface area contributed by atoms with Crippen LogP contribution in [0.3, 0.4) is 0 Å². The molecule has 0 saturated carbocycles. The fourth-order valence-corrected chi connectivity index (χ4v) is 5.64. The van der Waals surface area contributed by atoms with Gasteiger partial charge >= 0.3 is 0 Å². The summed E-state index contributed by atoms with van der Waals surface area (Å²) in [4.78, 5) is 6.97. The van der Waals surface area contributed by atoms with Gasteiger partial charge in [-0.2, -0.15) is 0 Å². The van der Waals surface area contributed by atoms with Crippen molar-refractivity contribution in [1.82, 2.24) is 9.55 Å². The fourth-order valence-electron chi connectivity index (χ4n) is 5.64. The highest BCUT2D eigenvalue weighted by atomic mass is 16.3. The van der Waals surface area contributed by atoms with Crippen LogP contribution in [-0.4, -0.2) is 9.55 Å². The van der Waals surface area contributed by atoms with Crippen molar-refractivity contribution in [1.29, 1.82) is 0 Å². The minimum atomic E-state index is 0.828. The Labute approximate surface area is 226 Å². The number of allylic oxidation sites excluding steroid dienone is 3. The van der Waals surface area contributed by atoms with Gasteiger partial charge in [0.05, 0.1) is 17.2 Å². The van der Waals surface area contributed by atoms with Crippen molar-refractivity contribution in [2.75, 3.05) is 4.90 Å². The van der Waals surface area contributed by atoms with E-state index < -0.39 is 0 Å². The van der Waals surface area contributed by atoms with Crippen LogP contribution in [-0.2, 0) is 0 Å². The fraction of sp³-hybridized carbons (Fsp3) is 0.0571. The molecule has 0 N–H and O–H groups in total. The summed E-state index contributed by atoms with van der Waals surface area (Å²) in [5.74, 6) is 0. The Balaban J connectivity index is 1.48. The third kappa shape index (κ3) is 3.64. The molecule has 0 spiro atoms. The molecule has 0 unspecified atom stereocenters. The molecule has 3 heterocycles. The van der Waals surface area contributed by atoms with Gasteiger partial charge in [-0.05, 0) is 62.4 Å². The van der Waals surface area contributed by atoms with E-state index in [1.807, 2.05) is 25.4 Å². The third-order valence-electron chi connectivity index (χ3n) is 7.33. The van der Waals surface area contributed by atoms with Gasteiger partial charge in [0.15, 0.2) is 5.58 Å². The Morgan fingerprint density at radius 1 is 0.718 bits per heavy atom. The number of benzene rings is 4. The molecule has 188 valence electrons. The maximum absolute atomic E-state index is 6.57. The first-order valence-corrected chi connectivity index (χ1v) is 13.2. The van der Waals surface area contributed by atoms with Gasteiger partial charge in [-0.1, -0.05) is 66.7 Å². The molecule has 7 aromatic rings. The minimum absolute atomic E-state index is 0.828. The Bertz CT molecular complexity index is 1990. The lowest BCUT2D eigenvalue weighted by atomic mass is 10.1.